The number of amides is 1. The number of hydrogen-bond donors (Lipinski definition) is 0. The van der Waals surface area contributed by atoms with Crippen LogP contribution in [0.1, 0.15) is 30.2 Å². The van der Waals surface area contributed by atoms with Gasteiger partial charge in [0.05, 0.1) is 5.92 Å². The van der Waals surface area contributed by atoms with Crippen molar-refractivity contribution < 1.29 is 13.7 Å². The first-order chi connectivity index (χ1) is 14.2. The van der Waals surface area contributed by atoms with E-state index >= 15 is 0 Å². The molecule has 0 spiro atoms. The van der Waals surface area contributed by atoms with Crippen LogP contribution in [-0.4, -0.2) is 36.9 Å². The van der Waals surface area contributed by atoms with Crippen molar-refractivity contribution in [1.82, 2.24) is 24.4 Å². The van der Waals surface area contributed by atoms with Gasteiger partial charge in [-0.25, -0.2) is 9.37 Å². The lowest BCUT2D eigenvalue weighted by atomic mass is 9.97. The van der Waals surface area contributed by atoms with E-state index in [2.05, 4.69) is 15.1 Å². The summed E-state index contributed by atoms with van der Waals surface area (Å²) in [6.07, 6.45) is 4.74. The number of benzene rings is 1. The second-order valence-electron chi connectivity index (χ2n) is 7.15. The van der Waals surface area contributed by atoms with Crippen molar-refractivity contribution in [2.75, 3.05) is 6.54 Å². The number of imidazole rings is 1. The summed E-state index contributed by atoms with van der Waals surface area (Å²) in [4.78, 5) is 23.0. The Balaban J connectivity index is 1.36. The Kier molecular flexibility index (Phi) is 4.31. The second-order valence-corrected chi connectivity index (χ2v) is 7.15. The van der Waals surface area contributed by atoms with Crippen LogP contribution in [0, 0.1) is 5.82 Å². The minimum atomic E-state index is -0.311. The third kappa shape index (κ3) is 3.37. The zero-order chi connectivity index (χ0) is 19.8. The van der Waals surface area contributed by atoms with Crippen molar-refractivity contribution in [1.29, 1.82) is 0 Å². The number of halogens is 1. The van der Waals surface area contributed by atoms with Gasteiger partial charge in [0, 0.05) is 37.5 Å². The molecule has 5 rings (SSSR count). The number of aromatic nitrogens is 4. The molecule has 0 saturated carbocycles. The summed E-state index contributed by atoms with van der Waals surface area (Å²) in [5.41, 5.74) is 1.92. The Morgan fingerprint density at radius 1 is 1.14 bits per heavy atom. The van der Waals surface area contributed by atoms with Crippen LogP contribution >= 0.6 is 0 Å². The van der Waals surface area contributed by atoms with Crippen LogP contribution in [0.5, 0.6) is 0 Å². The van der Waals surface area contributed by atoms with E-state index in [1.165, 1.54) is 6.07 Å². The molecule has 1 aliphatic heterocycles. The number of carbonyl (C=O) groups is 1. The SMILES string of the molecule is O=C1CCC(c2nc(-c3cn4ccccc4n3)no2)CN1Cc1ccccc1F. The van der Waals surface area contributed by atoms with Crippen molar-refractivity contribution in [2.45, 2.75) is 25.3 Å². The standard InChI is InChI=1S/C21H18FN5O2/c22-16-6-2-1-5-14(16)11-27-12-15(8-9-19(27)28)21-24-20(25-29-21)17-13-26-10-4-3-7-18(26)23-17/h1-7,10,13,15H,8-9,11-12H2. The predicted octanol–water partition coefficient (Wildman–Crippen LogP) is 3.43. The molecule has 1 aliphatic rings. The molecule has 29 heavy (non-hydrogen) atoms. The van der Waals surface area contributed by atoms with E-state index in [1.54, 1.807) is 23.1 Å². The van der Waals surface area contributed by atoms with Crippen LogP contribution in [0.4, 0.5) is 4.39 Å². The van der Waals surface area contributed by atoms with Crippen molar-refractivity contribution in [3.05, 3.63) is 72.1 Å². The van der Waals surface area contributed by atoms with Gasteiger partial charge in [-0.1, -0.05) is 29.4 Å². The van der Waals surface area contributed by atoms with E-state index in [0.29, 0.717) is 42.4 Å². The van der Waals surface area contributed by atoms with Crippen LogP contribution in [0.15, 0.2) is 59.4 Å². The number of hydrogen-bond acceptors (Lipinski definition) is 5. The maximum atomic E-state index is 14.0. The average molecular weight is 391 g/mol. The summed E-state index contributed by atoms with van der Waals surface area (Å²) in [5, 5.41) is 4.07. The summed E-state index contributed by atoms with van der Waals surface area (Å²) in [6.45, 7) is 0.648. The molecule has 8 heteroatoms. The first-order valence-corrected chi connectivity index (χ1v) is 9.46. The highest BCUT2D eigenvalue weighted by molar-refractivity contribution is 5.77. The van der Waals surface area contributed by atoms with Crippen molar-refractivity contribution in [2.24, 2.45) is 0 Å². The molecule has 0 aliphatic carbocycles. The lowest BCUT2D eigenvalue weighted by molar-refractivity contribution is -0.134. The molecule has 0 N–H and O–H groups in total. The van der Waals surface area contributed by atoms with Gasteiger partial charge in [0.1, 0.15) is 17.2 Å². The average Bonchev–Trinajstić information content (AvgIpc) is 3.38. The van der Waals surface area contributed by atoms with Crippen molar-refractivity contribution in [3.63, 3.8) is 0 Å². The fourth-order valence-electron chi connectivity index (χ4n) is 3.65. The molecule has 7 nitrogen and oxygen atoms in total. The Bertz CT molecular complexity index is 1150. The molecule has 1 amide bonds. The number of pyridine rings is 1. The molecule has 3 aromatic heterocycles. The van der Waals surface area contributed by atoms with Crippen molar-refractivity contribution in [3.8, 4) is 11.5 Å². The monoisotopic (exact) mass is 391 g/mol. The highest BCUT2D eigenvalue weighted by atomic mass is 19.1. The first-order valence-electron chi connectivity index (χ1n) is 9.46. The normalized spacial score (nSPS) is 17.2. The number of piperidine rings is 1. The molecule has 1 aromatic carbocycles. The van der Waals surface area contributed by atoms with Crippen molar-refractivity contribution >= 4 is 11.6 Å². The molecule has 1 saturated heterocycles. The van der Waals surface area contributed by atoms with Gasteiger partial charge in [0.15, 0.2) is 0 Å². The quantitative estimate of drug-likeness (QED) is 0.533. The minimum Gasteiger partial charge on any atom is -0.339 e. The van der Waals surface area contributed by atoms with E-state index in [4.69, 9.17) is 4.52 Å². The zero-order valence-electron chi connectivity index (χ0n) is 15.5. The van der Waals surface area contributed by atoms with E-state index in [-0.39, 0.29) is 24.2 Å². The molecule has 0 bridgehead atoms. The summed E-state index contributed by atoms with van der Waals surface area (Å²) in [5.74, 6) is 0.501. The first kappa shape index (κ1) is 17.5. The fourth-order valence-corrected chi connectivity index (χ4v) is 3.65. The molecule has 1 unspecified atom stereocenters. The van der Waals surface area contributed by atoms with Gasteiger partial charge >= 0.3 is 0 Å². The Hall–Kier alpha value is -3.55. The zero-order valence-corrected chi connectivity index (χ0v) is 15.5. The van der Waals surface area contributed by atoms with E-state index in [0.717, 1.165) is 5.65 Å². The molecule has 4 heterocycles. The highest BCUT2D eigenvalue weighted by Crippen LogP contribution is 2.29. The lowest BCUT2D eigenvalue weighted by Crippen LogP contribution is -2.38. The number of likely N-dealkylation sites (tertiary alicyclic amines) is 1. The van der Waals surface area contributed by atoms with Crippen LogP contribution in [0.3, 0.4) is 0 Å². The third-order valence-corrected chi connectivity index (χ3v) is 5.20. The van der Waals surface area contributed by atoms with Crippen LogP contribution in [0.25, 0.3) is 17.2 Å². The molecular formula is C21H18FN5O2. The van der Waals surface area contributed by atoms with Gasteiger partial charge in [-0.2, -0.15) is 4.98 Å². The maximum Gasteiger partial charge on any atom is 0.231 e. The van der Waals surface area contributed by atoms with Gasteiger partial charge in [-0.05, 0) is 24.6 Å². The van der Waals surface area contributed by atoms with Gasteiger partial charge in [-0.3, -0.25) is 4.79 Å². The summed E-state index contributed by atoms with van der Waals surface area (Å²) in [7, 11) is 0. The Morgan fingerprint density at radius 2 is 2.00 bits per heavy atom. The Morgan fingerprint density at radius 3 is 2.86 bits per heavy atom. The molecule has 1 atom stereocenters. The van der Waals surface area contributed by atoms with Gasteiger partial charge < -0.3 is 13.8 Å². The van der Waals surface area contributed by atoms with Gasteiger partial charge in [-0.15, -0.1) is 0 Å². The van der Waals surface area contributed by atoms with E-state index < -0.39 is 0 Å². The second kappa shape index (κ2) is 7.12. The number of nitrogens with zero attached hydrogens (tertiary/aromatic N) is 5. The predicted molar refractivity (Wildman–Crippen MR) is 102 cm³/mol. The maximum absolute atomic E-state index is 14.0. The number of carbonyl (C=O) groups excluding carboxylic acids is 1. The fraction of sp³-hybridized carbons (Fsp3) is 0.238. The van der Waals surface area contributed by atoms with Crippen LogP contribution in [0.2, 0.25) is 0 Å². The van der Waals surface area contributed by atoms with E-state index in [9.17, 15) is 9.18 Å². The minimum absolute atomic E-state index is 0.00425. The largest absolute Gasteiger partial charge is 0.339 e. The highest BCUT2D eigenvalue weighted by Gasteiger charge is 2.31. The summed E-state index contributed by atoms with van der Waals surface area (Å²) < 4.78 is 21.4. The third-order valence-electron chi connectivity index (χ3n) is 5.20. The van der Waals surface area contributed by atoms with Gasteiger partial charge in [0.2, 0.25) is 17.6 Å². The molecule has 146 valence electrons. The number of fused-ring (bicyclic) bond motifs is 1. The Labute approximate surface area is 165 Å². The summed E-state index contributed by atoms with van der Waals surface area (Å²) >= 11 is 0. The lowest BCUT2D eigenvalue weighted by Gasteiger charge is -2.31. The molecule has 4 aromatic rings. The van der Waals surface area contributed by atoms with Gasteiger partial charge in [0.25, 0.3) is 0 Å². The number of rotatable bonds is 4. The van der Waals surface area contributed by atoms with Crippen LogP contribution < -0.4 is 0 Å². The molecular weight excluding hydrogens is 373 g/mol. The van der Waals surface area contributed by atoms with Crippen LogP contribution in [-0.2, 0) is 11.3 Å². The van der Waals surface area contributed by atoms with E-state index in [1.807, 2.05) is 35.0 Å². The summed E-state index contributed by atoms with van der Waals surface area (Å²) in [6, 6.07) is 12.2. The topological polar surface area (TPSA) is 76.5 Å². The smallest absolute Gasteiger partial charge is 0.231 e. The molecule has 0 radical (unpaired) electrons. The molecule has 1 fully saturated rings.